The molecule has 196 valence electrons. The molecule has 1 amide bonds. The fourth-order valence-corrected chi connectivity index (χ4v) is 4.80. The molecule has 0 aliphatic carbocycles. The van der Waals surface area contributed by atoms with Gasteiger partial charge in [0.1, 0.15) is 18.3 Å². The Labute approximate surface area is 224 Å². The second-order valence-electron chi connectivity index (χ2n) is 9.17. The molecule has 1 aliphatic heterocycles. The van der Waals surface area contributed by atoms with Gasteiger partial charge in [-0.05, 0) is 16.7 Å². The quantitative estimate of drug-likeness (QED) is 0.324. The standard InChI is InChI=1S/C30H34ClNO5/c1-22(33)32(2)27-28(35-19-24-14-8-4-9-15-24)26(21-34-18-23-12-6-3-7-13-23)37-30(31)29(27)36-20-25-16-10-5-11-17-25/h3-17,26-30H,18-21H2,1-2H3/t26-,27-,28+,29-,30+/m1/s1. The van der Waals surface area contributed by atoms with Crippen LogP contribution in [0, 0.1) is 0 Å². The Hall–Kier alpha value is -2.74. The predicted molar refractivity (Wildman–Crippen MR) is 143 cm³/mol. The van der Waals surface area contributed by atoms with Gasteiger partial charge in [0.05, 0.1) is 32.5 Å². The van der Waals surface area contributed by atoms with Gasteiger partial charge >= 0.3 is 0 Å². The molecule has 6 nitrogen and oxygen atoms in total. The van der Waals surface area contributed by atoms with Gasteiger partial charge in [-0.2, -0.15) is 0 Å². The highest BCUT2D eigenvalue weighted by Crippen LogP contribution is 2.32. The van der Waals surface area contributed by atoms with Gasteiger partial charge in [0.2, 0.25) is 5.91 Å². The van der Waals surface area contributed by atoms with Crippen LogP contribution < -0.4 is 0 Å². The summed E-state index contributed by atoms with van der Waals surface area (Å²) in [5.74, 6) is -0.110. The highest BCUT2D eigenvalue weighted by molar-refractivity contribution is 6.20. The van der Waals surface area contributed by atoms with E-state index in [-0.39, 0.29) is 12.5 Å². The summed E-state index contributed by atoms with van der Waals surface area (Å²) in [5.41, 5.74) is 2.29. The van der Waals surface area contributed by atoms with E-state index in [1.54, 1.807) is 11.9 Å². The number of hydrogen-bond acceptors (Lipinski definition) is 5. The number of amides is 1. The van der Waals surface area contributed by atoms with E-state index in [0.29, 0.717) is 19.8 Å². The lowest BCUT2D eigenvalue weighted by atomic mass is 9.95. The fraction of sp³-hybridized carbons (Fsp3) is 0.367. The minimum Gasteiger partial charge on any atom is -0.374 e. The van der Waals surface area contributed by atoms with Crippen LogP contribution in [0.5, 0.6) is 0 Å². The number of hydrogen-bond donors (Lipinski definition) is 0. The molecule has 1 heterocycles. The molecule has 0 unspecified atom stereocenters. The van der Waals surface area contributed by atoms with Crippen LogP contribution in [0.3, 0.4) is 0 Å². The summed E-state index contributed by atoms with van der Waals surface area (Å²) in [6.07, 6.45) is -1.64. The molecule has 1 fully saturated rings. The van der Waals surface area contributed by atoms with E-state index in [4.69, 9.17) is 30.5 Å². The second kappa shape index (κ2) is 13.7. The van der Waals surface area contributed by atoms with Crippen LogP contribution in [0.1, 0.15) is 23.6 Å². The van der Waals surface area contributed by atoms with E-state index in [1.807, 2.05) is 91.0 Å². The summed E-state index contributed by atoms with van der Waals surface area (Å²) >= 11 is 6.77. The van der Waals surface area contributed by atoms with E-state index in [9.17, 15) is 4.79 Å². The Balaban J connectivity index is 1.55. The molecule has 5 atom stereocenters. The number of alkyl halides is 1. The monoisotopic (exact) mass is 523 g/mol. The maximum absolute atomic E-state index is 12.6. The van der Waals surface area contributed by atoms with Gasteiger partial charge in [-0.15, -0.1) is 0 Å². The lowest BCUT2D eigenvalue weighted by molar-refractivity contribution is -0.225. The van der Waals surface area contributed by atoms with Crippen molar-refractivity contribution in [3.8, 4) is 0 Å². The smallest absolute Gasteiger partial charge is 0.219 e. The van der Waals surface area contributed by atoms with Crippen molar-refractivity contribution >= 4 is 17.5 Å². The highest BCUT2D eigenvalue weighted by atomic mass is 35.5. The van der Waals surface area contributed by atoms with Crippen LogP contribution >= 0.6 is 11.6 Å². The second-order valence-corrected chi connectivity index (χ2v) is 9.60. The summed E-state index contributed by atoms with van der Waals surface area (Å²) in [4.78, 5) is 14.2. The van der Waals surface area contributed by atoms with Crippen LogP contribution in [0.2, 0.25) is 0 Å². The molecule has 1 saturated heterocycles. The summed E-state index contributed by atoms with van der Waals surface area (Å²) in [7, 11) is 1.75. The molecular formula is C30H34ClNO5. The number of carbonyl (C=O) groups is 1. The summed E-state index contributed by atoms with van der Waals surface area (Å²) in [6, 6.07) is 29.2. The Morgan fingerprint density at radius 1 is 0.784 bits per heavy atom. The molecule has 3 aromatic rings. The molecule has 0 saturated carbocycles. The Morgan fingerprint density at radius 2 is 1.24 bits per heavy atom. The maximum Gasteiger partial charge on any atom is 0.219 e. The van der Waals surface area contributed by atoms with E-state index in [0.717, 1.165) is 16.7 Å². The van der Waals surface area contributed by atoms with Crippen molar-refractivity contribution in [2.75, 3.05) is 13.7 Å². The largest absolute Gasteiger partial charge is 0.374 e. The average molecular weight is 524 g/mol. The summed E-state index contributed by atoms with van der Waals surface area (Å²) in [5, 5.41) is 0. The maximum atomic E-state index is 12.6. The number of likely N-dealkylation sites (N-methyl/N-ethyl adjacent to an activating group) is 1. The minimum absolute atomic E-state index is 0.110. The Bertz CT molecular complexity index is 1080. The van der Waals surface area contributed by atoms with Crippen LogP contribution in [0.15, 0.2) is 91.0 Å². The zero-order chi connectivity index (χ0) is 26.0. The van der Waals surface area contributed by atoms with Crippen molar-refractivity contribution < 1.29 is 23.7 Å². The molecule has 0 spiro atoms. The van der Waals surface area contributed by atoms with E-state index in [2.05, 4.69) is 0 Å². The topological polar surface area (TPSA) is 57.2 Å². The Morgan fingerprint density at radius 3 is 1.73 bits per heavy atom. The number of carbonyl (C=O) groups excluding carboxylic acids is 1. The van der Waals surface area contributed by atoms with Gasteiger partial charge < -0.3 is 23.8 Å². The van der Waals surface area contributed by atoms with Crippen LogP contribution in [-0.2, 0) is 43.6 Å². The van der Waals surface area contributed by atoms with Crippen LogP contribution in [0.25, 0.3) is 0 Å². The van der Waals surface area contributed by atoms with Crippen molar-refractivity contribution in [2.45, 2.75) is 56.7 Å². The lowest BCUT2D eigenvalue weighted by Crippen LogP contribution is -2.64. The van der Waals surface area contributed by atoms with Crippen molar-refractivity contribution in [2.24, 2.45) is 0 Å². The van der Waals surface area contributed by atoms with Gasteiger partial charge in [0.25, 0.3) is 0 Å². The third-order valence-electron chi connectivity index (χ3n) is 6.51. The third kappa shape index (κ3) is 7.63. The number of halogens is 1. The predicted octanol–water partition coefficient (Wildman–Crippen LogP) is 5.18. The zero-order valence-electron chi connectivity index (χ0n) is 21.2. The molecule has 1 aliphatic rings. The van der Waals surface area contributed by atoms with Gasteiger partial charge in [-0.25, -0.2) is 0 Å². The SMILES string of the molecule is CC(=O)N(C)[C@H]1[C@@H](OCc2ccccc2)[C@@H](Cl)O[C@H](COCc2ccccc2)[C@@H]1OCc1ccccc1. The lowest BCUT2D eigenvalue weighted by Gasteiger charge is -2.47. The number of benzene rings is 3. The molecule has 37 heavy (non-hydrogen) atoms. The highest BCUT2D eigenvalue weighted by Gasteiger charge is 2.49. The summed E-state index contributed by atoms with van der Waals surface area (Å²) < 4.78 is 25.0. The molecular weight excluding hydrogens is 490 g/mol. The van der Waals surface area contributed by atoms with E-state index in [1.165, 1.54) is 6.92 Å². The zero-order valence-corrected chi connectivity index (χ0v) is 22.0. The third-order valence-corrected chi connectivity index (χ3v) is 6.86. The molecule has 0 radical (unpaired) electrons. The minimum atomic E-state index is -0.794. The van der Waals surface area contributed by atoms with Crippen molar-refractivity contribution in [3.05, 3.63) is 108 Å². The molecule has 0 bridgehead atoms. The fourth-order valence-electron chi connectivity index (χ4n) is 4.45. The van der Waals surface area contributed by atoms with E-state index < -0.39 is 29.9 Å². The first-order valence-electron chi connectivity index (χ1n) is 12.5. The number of rotatable bonds is 11. The van der Waals surface area contributed by atoms with Gasteiger partial charge in [0, 0.05) is 14.0 Å². The molecule has 0 N–H and O–H groups in total. The molecule has 0 aromatic heterocycles. The van der Waals surface area contributed by atoms with Crippen molar-refractivity contribution in [1.29, 1.82) is 0 Å². The summed E-state index contributed by atoms with van der Waals surface area (Å²) in [6.45, 7) is 2.90. The molecule has 4 rings (SSSR count). The van der Waals surface area contributed by atoms with Gasteiger partial charge in [-0.3, -0.25) is 4.79 Å². The average Bonchev–Trinajstić information content (AvgIpc) is 2.93. The molecule has 7 heteroatoms. The number of nitrogens with zero attached hydrogens (tertiary/aromatic N) is 1. The Kier molecular flexibility index (Phi) is 10.1. The van der Waals surface area contributed by atoms with Crippen LogP contribution in [0.4, 0.5) is 0 Å². The first-order valence-corrected chi connectivity index (χ1v) is 12.9. The van der Waals surface area contributed by atoms with Gasteiger partial charge in [0.15, 0.2) is 5.56 Å². The van der Waals surface area contributed by atoms with E-state index >= 15 is 0 Å². The normalized spacial score (nSPS) is 23.5. The molecule has 3 aromatic carbocycles. The van der Waals surface area contributed by atoms with Crippen LogP contribution in [-0.4, -0.2) is 54.4 Å². The number of ether oxygens (including phenoxy) is 4. The van der Waals surface area contributed by atoms with Crippen molar-refractivity contribution in [1.82, 2.24) is 4.90 Å². The van der Waals surface area contributed by atoms with Crippen molar-refractivity contribution in [3.63, 3.8) is 0 Å². The van der Waals surface area contributed by atoms with Gasteiger partial charge in [-0.1, -0.05) is 103 Å². The first-order chi connectivity index (χ1) is 18.0. The first kappa shape index (κ1) is 27.3.